The highest BCUT2D eigenvalue weighted by Crippen LogP contribution is 2.15. The molecule has 1 aromatic heterocycles. The van der Waals surface area contributed by atoms with Gasteiger partial charge in [0.2, 0.25) is 0 Å². The summed E-state index contributed by atoms with van der Waals surface area (Å²) in [5.74, 6) is -0.954. The lowest BCUT2D eigenvalue weighted by Crippen LogP contribution is -2.32. The van der Waals surface area contributed by atoms with E-state index in [1.165, 1.54) is 0 Å². The molecule has 0 aliphatic carbocycles. The maximum absolute atomic E-state index is 13.4. The molecule has 2 aromatic rings. The smallest absolute Gasteiger partial charge is 0.319 e. The van der Waals surface area contributed by atoms with Crippen molar-refractivity contribution in [1.29, 1.82) is 0 Å². The van der Waals surface area contributed by atoms with Gasteiger partial charge in [-0.15, -0.1) is 10.2 Å². The molecule has 2 amide bonds. The number of rotatable bonds is 4. The zero-order chi connectivity index (χ0) is 15.4. The Kier molecular flexibility index (Phi) is 4.46. The van der Waals surface area contributed by atoms with E-state index in [0.717, 1.165) is 12.1 Å². The lowest BCUT2D eigenvalue weighted by Gasteiger charge is -2.15. The first-order valence-corrected chi connectivity index (χ1v) is 6.41. The molecule has 0 saturated heterocycles. The highest BCUT2D eigenvalue weighted by atomic mass is 19.1. The van der Waals surface area contributed by atoms with Gasteiger partial charge in [-0.05, 0) is 26.0 Å². The van der Waals surface area contributed by atoms with Crippen LogP contribution in [0.3, 0.4) is 0 Å². The van der Waals surface area contributed by atoms with E-state index in [-0.39, 0.29) is 5.69 Å². The molecule has 1 heterocycles. The first-order chi connectivity index (χ1) is 10.0. The van der Waals surface area contributed by atoms with Crippen molar-refractivity contribution in [2.75, 3.05) is 5.32 Å². The maximum atomic E-state index is 13.4. The first kappa shape index (κ1) is 14.9. The summed E-state index contributed by atoms with van der Waals surface area (Å²) in [4.78, 5) is 11.8. The number of carbonyl (C=O) groups excluding carboxylic acids is 1. The predicted octanol–water partition coefficient (Wildman–Crippen LogP) is 2.46. The molecule has 2 N–H and O–H groups in total. The van der Waals surface area contributed by atoms with Gasteiger partial charge in [0.25, 0.3) is 0 Å². The molecule has 1 aromatic carbocycles. The van der Waals surface area contributed by atoms with Gasteiger partial charge in [-0.3, -0.25) is 0 Å². The molecule has 0 aliphatic heterocycles. The number of aromatic nitrogens is 3. The van der Waals surface area contributed by atoms with Gasteiger partial charge in [0, 0.05) is 12.6 Å². The fourth-order valence-corrected chi connectivity index (χ4v) is 1.85. The van der Waals surface area contributed by atoms with Gasteiger partial charge >= 0.3 is 6.03 Å². The van der Waals surface area contributed by atoms with E-state index in [2.05, 4.69) is 20.8 Å². The number of urea groups is 1. The Morgan fingerprint density at radius 3 is 2.86 bits per heavy atom. The van der Waals surface area contributed by atoms with Crippen molar-refractivity contribution in [3.8, 4) is 0 Å². The molecule has 1 atom stereocenters. The van der Waals surface area contributed by atoms with Crippen molar-refractivity contribution in [2.24, 2.45) is 0 Å². The first-order valence-electron chi connectivity index (χ1n) is 6.41. The summed E-state index contributed by atoms with van der Waals surface area (Å²) >= 11 is 0. The Hall–Kier alpha value is -2.51. The SMILES string of the molecule is CCn1cnnc1[C@@H](C)NC(=O)Nc1ccc(F)cc1F. The van der Waals surface area contributed by atoms with Crippen LogP contribution >= 0.6 is 0 Å². The predicted molar refractivity (Wildman–Crippen MR) is 72.6 cm³/mol. The molecule has 0 unspecified atom stereocenters. The van der Waals surface area contributed by atoms with Gasteiger partial charge in [-0.1, -0.05) is 0 Å². The van der Waals surface area contributed by atoms with Crippen LogP contribution in [0.1, 0.15) is 25.7 Å². The zero-order valence-corrected chi connectivity index (χ0v) is 11.6. The highest BCUT2D eigenvalue weighted by molar-refractivity contribution is 5.89. The molecule has 0 fully saturated rings. The van der Waals surface area contributed by atoms with Gasteiger partial charge in [0.05, 0.1) is 11.7 Å². The average Bonchev–Trinajstić information content (AvgIpc) is 2.90. The molecule has 112 valence electrons. The Bertz CT molecular complexity index is 643. The van der Waals surface area contributed by atoms with Crippen LogP contribution in [0.4, 0.5) is 19.3 Å². The molecule has 0 spiro atoms. The number of anilines is 1. The summed E-state index contributed by atoms with van der Waals surface area (Å²) in [6.07, 6.45) is 1.56. The van der Waals surface area contributed by atoms with Crippen LogP contribution in [0.2, 0.25) is 0 Å². The number of hydrogen-bond donors (Lipinski definition) is 2. The van der Waals surface area contributed by atoms with Crippen LogP contribution in [0.25, 0.3) is 0 Å². The Morgan fingerprint density at radius 1 is 1.43 bits per heavy atom. The van der Waals surface area contributed by atoms with E-state index < -0.39 is 23.7 Å². The van der Waals surface area contributed by atoms with Gasteiger partial charge in [0.1, 0.15) is 18.0 Å². The van der Waals surface area contributed by atoms with Crippen molar-refractivity contribution in [2.45, 2.75) is 26.4 Å². The average molecular weight is 295 g/mol. The van der Waals surface area contributed by atoms with Crippen LogP contribution in [-0.2, 0) is 6.54 Å². The Morgan fingerprint density at radius 2 is 2.19 bits per heavy atom. The fraction of sp³-hybridized carbons (Fsp3) is 0.308. The summed E-state index contributed by atoms with van der Waals surface area (Å²) < 4.78 is 28.0. The molecular weight excluding hydrogens is 280 g/mol. The van der Waals surface area contributed by atoms with E-state index in [1.54, 1.807) is 17.8 Å². The molecule has 0 aliphatic rings. The van der Waals surface area contributed by atoms with Crippen LogP contribution in [-0.4, -0.2) is 20.8 Å². The molecule has 8 heteroatoms. The number of aryl methyl sites for hydroxylation is 1. The summed E-state index contributed by atoms with van der Waals surface area (Å²) in [5, 5.41) is 12.6. The summed E-state index contributed by atoms with van der Waals surface area (Å²) in [6, 6.07) is 1.90. The second-order valence-corrected chi connectivity index (χ2v) is 4.42. The lowest BCUT2D eigenvalue weighted by molar-refractivity contribution is 0.248. The second-order valence-electron chi connectivity index (χ2n) is 4.42. The van der Waals surface area contributed by atoms with Crippen molar-refractivity contribution < 1.29 is 13.6 Å². The lowest BCUT2D eigenvalue weighted by atomic mass is 10.3. The second kappa shape index (κ2) is 6.29. The third kappa shape index (κ3) is 3.53. The third-order valence-corrected chi connectivity index (χ3v) is 2.90. The standard InChI is InChI=1S/C13H15F2N5O/c1-3-20-7-16-19-12(20)8(2)17-13(21)18-11-5-4-9(14)6-10(11)15/h4-8H,3H2,1-2H3,(H2,17,18,21)/t8-/m1/s1. The van der Waals surface area contributed by atoms with E-state index in [9.17, 15) is 13.6 Å². The number of amides is 2. The summed E-state index contributed by atoms with van der Waals surface area (Å²) in [5.41, 5.74) is -0.0990. The number of carbonyl (C=O) groups is 1. The zero-order valence-electron chi connectivity index (χ0n) is 11.6. The van der Waals surface area contributed by atoms with E-state index >= 15 is 0 Å². The van der Waals surface area contributed by atoms with Gasteiger partial charge in [-0.25, -0.2) is 13.6 Å². The van der Waals surface area contributed by atoms with Crippen molar-refractivity contribution in [3.05, 3.63) is 42.0 Å². The van der Waals surface area contributed by atoms with Crippen molar-refractivity contribution in [3.63, 3.8) is 0 Å². The number of halogens is 2. The minimum Gasteiger partial charge on any atom is -0.328 e. The number of hydrogen-bond acceptors (Lipinski definition) is 3. The van der Waals surface area contributed by atoms with Crippen LogP contribution < -0.4 is 10.6 Å². The fourth-order valence-electron chi connectivity index (χ4n) is 1.85. The number of benzene rings is 1. The van der Waals surface area contributed by atoms with E-state index in [1.807, 2.05) is 6.92 Å². The monoisotopic (exact) mass is 295 g/mol. The van der Waals surface area contributed by atoms with E-state index in [0.29, 0.717) is 18.4 Å². The van der Waals surface area contributed by atoms with Crippen molar-refractivity contribution in [1.82, 2.24) is 20.1 Å². The largest absolute Gasteiger partial charge is 0.328 e. The van der Waals surface area contributed by atoms with Gasteiger partial charge in [0.15, 0.2) is 5.82 Å². The summed E-state index contributed by atoms with van der Waals surface area (Å²) in [6.45, 7) is 4.33. The highest BCUT2D eigenvalue weighted by Gasteiger charge is 2.16. The van der Waals surface area contributed by atoms with Crippen LogP contribution in [0.5, 0.6) is 0 Å². The van der Waals surface area contributed by atoms with Crippen LogP contribution in [0.15, 0.2) is 24.5 Å². The van der Waals surface area contributed by atoms with Gasteiger partial charge < -0.3 is 15.2 Å². The minimum atomic E-state index is -0.838. The Labute approximate surface area is 120 Å². The topological polar surface area (TPSA) is 71.8 Å². The van der Waals surface area contributed by atoms with E-state index in [4.69, 9.17) is 0 Å². The number of nitrogens with zero attached hydrogens (tertiary/aromatic N) is 3. The summed E-state index contributed by atoms with van der Waals surface area (Å²) in [7, 11) is 0. The van der Waals surface area contributed by atoms with Crippen LogP contribution in [0, 0.1) is 11.6 Å². The molecular formula is C13H15F2N5O. The molecule has 2 rings (SSSR count). The quantitative estimate of drug-likeness (QED) is 0.910. The molecule has 0 saturated carbocycles. The number of nitrogens with one attached hydrogen (secondary N) is 2. The minimum absolute atomic E-state index is 0.0990. The normalized spacial score (nSPS) is 12.0. The molecule has 21 heavy (non-hydrogen) atoms. The molecule has 6 nitrogen and oxygen atoms in total. The molecule has 0 bridgehead atoms. The maximum Gasteiger partial charge on any atom is 0.319 e. The third-order valence-electron chi connectivity index (χ3n) is 2.90. The Balaban J connectivity index is 2.01. The molecule has 0 radical (unpaired) electrons. The van der Waals surface area contributed by atoms with Gasteiger partial charge in [-0.2, -0.15) is 0 Å². The van der Waals surface area contributed by atoms with Crippen molar-refractivity contribution >= 4 is 11.7 Å².